The van der Waals surface area contributed by atoms with Crippen LogP contribution >= 0.6 is 15.9 Å². The van der Waals surface area contributed by atoms with Gasteiger partial charge in [0, 0.05) is 22.9 Å². The van der Waals surface area contributed by atoms with Gasteiger partial charge in [0.05, 0.1) is 10.5 Å². The summed E-state index contributed by atoms with van der Waals surface area (Å²) in [4.78, 5) is 21.8. The van der Waals surface area contributed by atoms with E-state index in [1.165, 1.54) is 30.6 Å². The first-order chi connectivity index (χ1) is 8.47. The van der Waals surface area contributed by atoms with E-state index in [2.05, 4.69) is 26.6 Å². The number of nitro benzene ring substituents is 1. The van der Waals surface area contributed by atoms with Gasteiger partial charge in [-0.3, -0.25) is 10.1 Å². The van der Waals surface area contributed by atoms with Crippen molar-refractivity contribution in [1.29, 1.82) is 0 Å². The van der Waals surface area contributed by atoms with E-state index >= 15 is 0 Å². The van der Waals surface area contributed by atoms with Crippen LogP contribution in [-0.4, -0.2) is 16.0 Å². The molecule has 8 heteroatoms. The molecular formula is C10H8BrN3O4. The van der Waals surface area contributed by atoms with Gasteiger partial charge in [-0.1, -0.05) is 15.9 Å². The lowest BCUT2D eigenvalue weighted by Crippen LogP contribution is -2.53. The Morgan fingerprint density at radius 3 is 2.50 bits per heavy atom. The van der Waals surface area contributed by atoms with E-state index in [-0.39, 0.29) is 11.3 Å². The summed E-state index contributed by atoms with van der Waals surface area (Å²) in [6, 6.07) is 4.14. The van der Waals surface area contributed by atoms with E-state index in [4.69, 9.17) is 0 Å². The highest BCUT2D eigenvalue weighted by atomic mass is 79.9. The Kier molecular flexibility index (Phi) is 2.95. The number of nitrogens with zero attached hydrogens (tertiary/aromatic N) is 1. The third-order valence-corrected chi connectivity index (χ3v) is 3.06. The summed E-state index contributed by atoms with van der Waals surface area (Å²) in [7, 11) is 0. The SMILES string of the molecule is O=C(O)C1(c2cc(Br)ccc2[N+](=O)[O-])NC=CN1. The molecule has 1 heterocycles. The van der Waals surface area contributed by atoms with Crippen LogP contribution in [0.3, 0.4) is 0 Å². The van der Waals surface area contributed by atoms with Gasteiger partial charge in [0.2, 0.25) is 5.66 Å². The maximum Gasteiger partial charge on any atom is 0.355 e. The second-order valence-electron chi connectivity index (χ2n) is 3.60. The quantitative estimate of drug-likeness (QED) is 0.573. The van der Waals surface area contributed by atoms with Gasteiger partial charge >= 0.3 is 5.97 Å². The molecule has 1 aliphatic heterocycles. The lowest BCUT2D eigenvalue weighted by Gasteiger charge is -2.26. The molecule has 94 valence electrons. The molecule has 0 amide bonds. The maximum atomic E-state index is 11.4. The number of hydrogen-bond acceptors (Lipinski definition) is 5. The van der Waals surface area contributed by atoms with Crippen LogP contribution in [0.5, 0.6) is 0 Å². The number of halogens is 1. The molecule has 0 unspecified atom stereocenters. The molecule has 1 aromatic rings. The molecule has 18 heavy (non-hydrogen) atoms. The first-order valence-electron chi connectivity index (χ1n) is 4.85. The van der Waals surface area contributed by atoms with Crippen LogP contribution in [-0.2, 0) is 10.5 Å². The van der Waals surface area contributed by atoms with Gasteiger partial charge in [0.1, 0.15) is 0 Å². The van der Waals surface area contributed by atoms with Crippen molar-refractivity contribution in [3.63, 3.8) is 0 Å². The predicted molar refractivity (Wildman–Crippen MR) is 65.5 cm³/mol. The number of carboxylic acid groups (broad SMARTS) is 1. The summed E-state index contributed by atoms with van der Waals surface area (Å²) in [5, 5.41) is 25.5. The van der Waals surface area contributed by atoms with Crippen molar-refractivity contribution in [2.24, 2.45) is 0 Å². The van der Waals surface area contributed by atoms with E-state index in [1.54, 1.807) is 0 Å². The summed E-state index contributed by atoms with van der Waals surface area (Å²) in [6.07, 6.45) is 2.78. The molecule has 2 rings (SSSR count). The number of hydrogen-bond donors (Lipinski definition) is 3. The highest BCUT2D eigenvalue weighted by Crippen LogP contribution is 2.32. The largest absolute Gasteiger partial charge is 0.478 e. The minimum absolute atomic E-state index is 0.0272. The summed E-state index contributed by atoms with van der Waals surface area (Å²) < 4.78 is 0.555. The van der Waals surface area contributed by atoms with Crippen LogP contribution in [0.1, 0.15) is 5.56 Å². The fraction of sp³-hybridized carbons (Fsp3) is 0.100. The van der Waals surface area contributed by atoms with Crippen LogP contribution in [0.4, 0.5) is 5.69 Å². The Hall–Kier alpha value is -2.09. The second-order valence-corrected chi connectivity index (χ2v) is 4.51. The fourth-order valence-corrected chi connectivity index (χ4v) is 2.10. The van der Waals surface area contributed by atoms with Gasteiger partial charge in [-0.25, -0.2) is 4.79 Å². The number of nitrogens with one attached hydrogen (secondary N) is 2. The number of aliphatic carboxylic acids is 1. The van der Waals surface area contributed by atoms with E-state index in [1.807, 2.05) is 0 Å². The Morgan fingerprint density at radius 1 is 1.39 bits per heavy atom. The van der Waals surface area contributed by atoms with Crippen LogP contribution in [0, 0.1) is 10.1 Å². The highest BCUT2D eigenvalue weighted by molar-refractivity contribution is 9.10. The lowest BCUT2D eigenvalue weighted by atomic mass is 9.98. The molecule has 0 aliphatic carbocycles. The van der Waals surface area contributed by atoms with Gasteiger partial charge in [0.15, 0.2) is 0 Å². The molecule has 0 spiro atoms. The molecule has 0 aromatic heterocycles. The van der Waals surface area contributed by atoms with Crippen LogP contribution in [0.15, 0.2) is 35.1 Å². The minimum atomic E-state index is -1.72. The van der Waals surface area contributed by atoms with Crippen molar-refractivity contribution in [1.82, 2.24) is 10.6 Å². The summed E-state index contributed by atoms with van der Waals surface area (Å²) in [5.74, 6) is -1.26. The molecule has 7 nitrogen and oxygen atoms in total. The Morgan fingerprint density at radius 2 is 2.00 bits per heavy atom. The van der Waals surface area contributed by atoms with Gasteiger partial charge in [-0.2, -0.15) is 0 Å². The van der Waals surface area contributed by atoms with Crippen molar-refractivity contribution in [2.75, 3.05) is 0 Å². The maximum absolute atomic E-state index is 11.4. The van der Waals surface area contributed by atoms with Crippen molar-refractivity contribution in [2.45, 2.75) is 5.66 Å². The monoisotopic (exact) mass is 313 g/mol. The fourth-order valence-electron chi connectivity index (χ4n) is 1.74. The van der Waals surface area contributed by atoms with Crippen molar-refractivity contribution >= 4 is 27.6 Å². The van der Waals surface area contributed by atoms with E-state index in [0.717, 1.165) is 0 Å². The zero-order valence-corrected chi connectivity index (χ0v) is 10.5. The third-order valence-electron chi connectivity index (χ3n) is 2.56. The zero-order chi connectivity index (χ0) is 13.3. The summed E-state index contributed by atoms with van der Waals surface area (Å²) in [6.45, 7) is 0. The number of carbonyl (C=O) groups is 1. The smallest absolute Gasteiger partial charge is 0.355 e. The zero-order valence-electron chi connectivity index (χ0n) is 8.88. The molecule has 1 aromatic carbocycles. The standard InChI is InChI=1S/C10H8BrN3O4/c11-6-1-2-8(14(17)18)7(5-6)10(9(15)16)12-3-4-13-10/h1-5,12-13H,(H,15,16). The van der Waals surface area contributed by atoms with Crippen molar-refractivity contribution in [3.05, 3.63) is 50.7 Å². The highest BCUT2D eigenvalue weighted by Gasteiger charge is 2.45. The predicted octanol–water partition coefficient (Wildman–Crippen LogP) is 1.26. The average molecular weight is 314 g/mol. The molecule has 0 saturated heterocycles. The molecule has 0 saturated carbocycles. The average Bonchev–Trinajstić information content (AvgIpc) is 2.78. The van der Waals surface area contributed by atoms with Crippen molar-refractivity contribution in [3.8, 4) is 0 Å². The number of benzene rings is 1. The van der Waals surface area contributed by atoms with Gasteiger partial charge in [-0.15, -0.1) is 0 Å². The third kappa shape index (κ3) is 1.80. The molecule has 0 bridgehead atoms. The van der Waals surface area contributed by atoms with E-state index < -0.39 is 16.6 Å². The van der Waals surface area contributed by atoms with Crippen LogP contribution in [0.2, 0.25) is 0 Å². The number of rotatable bonds is 3. The van der Waals surface area contributed by atoms with Gasteiger partial charge in [-0.05, 0) is 12.1 Å². The van der Waals surface area contributed by atoms with Gasteiger partial charge in [0.25, 0.3) is 5.69 Å². The summed E-state index contributed by atoms with van der Waals surface area (Å²) >= 11 is 3.17. The Labute approximate surface area is 110 Å². The second kappa shape index (κ2) is 4.30. The Balaban J connectivity index is 2.64. The molecule has 0 fully saturated rings. The first kappa shape index (κ1) is 12.4. The molecule has 0 radical (unpaired) electrons. The van der Waals surface area contributed by atoms with Crippen LogP contribution < -0.4 is 10.6 Å². The molecule has 3 N–H and O–H groups in total. The number of carboxylic acids is 1. The lowest BCUT2D eigenvalue weighted by molar-refractivity contribution is -0.386. The molecular weight excluding hydrogens is 306 g/mol. The van der Waals surface area contributed by atoms with E-state index in [0.29, 0.717) is 4.47 Å². The van der Waals surface area contributed by atoms with Gasteiger partial charge < -0.3 is 15.7 Å². The molecule has 1 aliphatic rings. The first-order valence-corrected chi connectivity index (χ1v) is 5.65. The normalized spacial score (nSPS) is 15.8. The number of nitro groups is 1. The van der Waals surface area contributed by atoms with Crippen molar-refractivity contribution < 1.29 is 14.8 Å². The Bertz CT molecular complexity index is 550. The topological polar surface area (TPSA) is 104 Å². The summed E-state index contributed by atoms with van der Waals surface area (Å²) in [5.41, 5.74) is -1.96. The van der Waals surface area contributed by atoms with E-state index in [9.17, 15) is 20.0 Å². The molecule has 0 atom stereocenters. The van der Waals surface area contributed by atoms with Crippen LogP contribution in [0.25, 0.3) is 0 Å². The minimum Gasteiger partial charge on any atom is -0.478 e.